The minimum absolute atomic E-state index is 0.290. The molecule has 20 heavy (non-hydrogen) atoms. The van der Waals surface area contributed by atoms with Crippen LogP contribution in [0, 0.1) is 9.39 Å². The number of nitrogens with zero attached hydrogens (tertiary/aromatic N) is 2. The lowest BCUT2D eigenvalue weighted by molar-refractivity contribution is 0.621. The lowest BCUT2D eigenvalue weighted by Crippen LogP contribution is -2.05. The lowest BCUT2D eigenvalue weighted by Gasteiger charge is -2.11. The second-order valence-electron chi connectivity index (χ2n) is 4.29. The standard InChI is InChI=1S/C14H14BrFIN3/c1-3-4-11-12(17)14(18-2)20-13(19-11)8-5-6-10(16)9(15)7-8/h5-7H,3-4H2,1-2H3,(H,18,19,20). The van der Waals surface area contributed by atoms with Crippen LogP contribution in [0.2, 0.25) is 0 Å². The van der Waals surface area contributed by atoms with E-state index >= 15 is 0 Å². The zero-order chi connectivity index (χ0) is 14.7. The molecule has 0 radical (unpaired) electrons. The number of nitrogens with one attached hydrogen (secondary N) is 1. The highest BCUT2D eigenvalue weighted by molar-refractivity contribution is 14.1. The molecule has 1 aromatic carbocycles. The molecule has 0 atom stereocenters. The molecule has 0 spiro atoms. The Labute approximate surface area is 139 Å². The van der Waals surface area contributed by atoms with Crippen molar-refractivity contribution in [3.05, 3.63) is 37.8 Å². The average Bonchev–Trinajstić information content (AvgIpc) is 2.44. The topological polar surface area (TPSA) is 37.8 Å². The fourth-order valence-electron chi connectivity index (χ4n) is 1.83. The van der Waals surface area contributed by atoms with Gasteiger partial charge in [-0.25, -0.2) is 14.4 Å². The summed E-state index contributed by atoms with van der Waals surface area (Å²) < 4.78 is 14.8. The fourth-order valence-corrected chi connectivity index (χ4v) is 2.99. The van der Waals surface area contributed by atoms with E-state index in [9.17, 15) is 4.39 Å². The van der Waals surface area contributed by atoms with Gasteiger partial charge in [0.05, 0.1) is 13.7 Å². The van der Waals surface area contributed by atoms with E-state index in [1.54, 1.807) is 12.1 Å². The third kappa shape index (κ3) is 3.28. The smallest absolute Gasteiger partial charge is 0.161 e. The van der Waals surface area contributed by atoms with Gasteiger partial charge in [-0.2, -0.15) is 0 Å². The van der Waals surface area contributed by atoms with E-state index in [1.165, 1.54) is 6.07 Å². The van der Waals surface area contributed by atoms with Gasteiger partial charge in [0, 0.05) is 12.6 Å². The summed E-state index contributed by atoms with van der Waals surface area (Å²) in [5, 5.41) is 3.09. The number of aromatic nitrogens is 2. The zero-order valence-electron chi connectivity index (χ0n) is 11.2. The molecule has 2 rings (SSSR count). The van der Waals surface area contributed by atoms with E-state index in [2.05, 4.69) is 60.7 Å². The molecule has 0 unspecified atom stereocenters. The van der Waals surface area contributed by atoms with Crippen LogP contribution in [0.25, 0.3) is 11.4 Å². The van der Waals surface area contributed by atoms with E-state index < -0.39 is 0 Å². The third-order valence-corrected chi connectivity index (χ3v) is 4.56. The molecule has 106 valence electrons. The number of benzene rings is 1. The minimum Gasteiger partial charge on any atom is -0.372 e. The molecule has 0 saturated carbocycles. The highest BCUT2D eigenvalue weighted by atomic mass is 127. The van der Waals surface area contributed by atoms with E-state index in [4.69, 9.17) is 0 Å². The third-order valence-electron chi connectivity index (χ3n) is 2.82. The Morgan fingerprint density at radius 2 is 2.10 bits per heavy atom. The Morgan fingerprint density at radius 3 is 2.70 bits per heavy atom. The second kappa shape index (κ2) is 6.80. The molecule has 0 aliphatic heterocycles. The van der Waals surface area contributed by atoms with Gasteiger partial charge in [-0.3, -0.25) is 0 Å². The predicted molar refractivity (Wildman–Crippen MR) is 91.4 cm³/mol. The molecule has 0 aliphatic rings. The van der Waals surface area contributed by atoms with Gasteiger partial charge in [0.2, 0.25) is 0 Å². The van der Waals surface area contributed by atoms with Gasteiger partial charge in [-0.05, 0) is 63.1 Å². The van der Waals surface area contributed by atoms with E-state index in [-0.39, 0.29) is 5.82 Å². The van der Waals surface area contributed by atoms with E-state index in [0.717, 1.165) is 33.5 Å². The summed E-state index contributed by atoms with van der Waals surface area (Å²) >= 11 is 5.45. The predicted octanol–water partition coefficient (Wildman–Crippen LogP) is 4.64. The molecule has 0 aliphatic carbocycles. The van der Waals surface area contributed by atoms with Crippen molar-refractivity contribution in [1.29, 1.82) is 0 Å². The molecule has 6 heteroatoms. The van der Waals surface area contributed by atoms with Gasteiger partial charge in [0.25, 0.3) is 0 Å². The number of hydrogen-bond donors (Lipinski definition) is 1. The van der Waals surface area contributed by atoms with Crippen LogP contribution in [-0.2, 0) is 6.42 Å². The number of halogens is 3. The van der Waals surface area contributed by atoms with Crippen LogP contribution >= 0.6 is 38.5 Å². The molecule has 0 amide bonds. The van der Waals surface area contributed by atoms with Crippen molar-refractivity contribution in [2.24, 2.45) is 0 Å². The van der Waals surface area contributed by atoms with E-state index in [0.29, 0.717) is 10.3 Å². The van der Waals surface area contributed by atoms with E-state index in [1.807, 2.05) is 7.05 Å². The molecule has 1 aromatic heterocycles. The quantitative estimate of drug-likeness (QED) is 0.690. The first kappa shape index (κ1) is 15.6. The number of anilines is 1. The summed E-state index contributed by atoms with van der Waals surface area (Å²) in [7, 11) is 1.84. The van der Waals surface area contributed by atoms with Gasteiger partial charge in [0.15, 0.2) is 5.82 Å². The average molecular weight is 450 g/mol. The van der Waals surface area contributed by atoms with Gasteiger partial charge in [-0.1, -0.05) is 13.3 Å². The maximum Gasteiger partial charge on any atom is 0.161 e. The van der Waals surface area contributed by atoms with Gasteiger partial charge in [-0.15, -0.1) is 0 Å². The van der Waals surface area contributed by atoms with Crippen LogP contribution in [0.3, 0.4) is 0 Å². The lowest BCUT2D eigenvalue weighted by atomic mass is 10.2. The Kier molecular flexibility index (Phi) is 5.31. The van der Waals surface area contributed by atoms with Crippen molar-refractivity contribution in [3.63, 3.8) is 0 Å². The van der Waals surface area contributed by atoms with Crippen LogP contribution in [0.1, 0.15) is 19.0 Å². The molecular formula is C14H14BrFIN3. The van der Waals surface area contributed by atoms with Gasteiger partial charge >= 0.3 is 0 Å². The first-order chi connectivity index (χ1) is 9.56. The monoisotopic (exact) mass is 449 g/mol. The Hall–Kier alpha value is -0.760. The summed E-state index contributed by atoms with van der Waals surface area (Å²) in [6.07, 6.45) is 1.91. The van der Waals surface area contributed by atoms with Crippen molar-refractivity contribution >= 4 is 44.3 Å². The Bertz CT molecular complexity index is 634. The molecular weight excluding hydrogens is 436 g/mol. The zero-order valence-corrected chi connectivity index (χ0v) is 14.9. The van der Waals surface area contributed by atoms with Crippen LogP contribution in [-0.4, -0.2) is 17.0 Å². The van der Waals surface area contributed by atoms with Gasteiger partial charge in [0.1, 0.15) is 11.6 Å². The number of rotatable bonds is 4. The molecule has 3 nitrogen and oxygen atoms in total. The second-order valence-corrected chi connectivity index (χ2v) is 6.22. The SMILES string of the molecule is CCCc1nc(-c2ccc(F)c(Br)c2)nc(NC)c1I. The largest absolute Gasteiger partial charge is 0.372 e. The van der Waals surface area contributed by atoms with Crippen LogP contribution in [0.4, 0.5) is 10.2 Å². The van der Waals surface area contributed by atoms with Crippen molar-refractivity contribution in [1.82, 2.24) is 9.97 Å². The normalized spacial score (nSPS) is 10.7. The summed E-state index contributed by atoms with van der Waals surface area (Å²) in [5.74, 6) is 1.13. The highest BCUT2D eigenvalue weighted by Gasteiger charge is 2.13. The summed E-state index contributed by atoms with van der Waals surface area (Å²) in [6.45, 7) is 2.12. The summed E-state index contributed by atoms with van der Waals surface area (Å²) in [5.41, 5.74) is 1.81. The molecule has 0 saturated heterocycles. The fraction of sp³-hybridized carbons (Fsp3) is 0.286. The number of aryl methyl sites for hydroxylation is 1. The van der Waals surface area contributed by atoms with Crippen LogP contribution in [0.5, 0.6) is 0 Å². The van der Waals surface area contributed by atoms with Crippen molar-refractivity contribution in [2.45, 2.75) is 19.8 Å². The number of hydrogen-bond acceptors (Lipinski definition) is 3. The Morgan fingerprint density at radius 1 is 1.35 bits per heavy atom. The first-order valence-electron chi connectivity index (χ1n) is 6.26. The summed E-state index contributed by atoms with van der Waals surface area (Å²) in [6, 6.07) is 4.81. The molecule has 1 heterocycles. The molecule has 0 bridgehead atoms. The van der Waals surface area contributed by atoms with Crippen molar-refractivity contribution < 1.29 is 4.39 Å². The van der Waals surface area contributed by atoms with Crippen molar-refractivity contribution in [2.75, 3.05) is 12.4 Å². The molecule has 0 fully saturated rings. The molecule has 1 N–H and O–H groups in total. The Balaban J connectivity index is 2.55. The van der Waals surface area contributed by atoms with Crippen LogP contribution < -0.4 is 5.32 Å². The van der Waals surface area contributed by atoms with Crippen LogP contribution in [0.15, 0.2) is 22.7 Å². The first-order valence-corrected chi connectivity index (χ1v) is 8.13. The maximum absolute atomic E-state index is 13.3. The summed E-state index contributed by atoms with van der Waals surface area (Å²) in [4.78, 5) is 9.11. The highest BCUT2D eigenvalue weighted by Crippen LogP contribution is 2.27. The van der Waals surface area contributed by atoms with Gasteiger partial charge < -0.3 is 5.32 Å². The maximum atomic E-state index is 13.3. The molecule has 2 aromatic rings. The van der Waals surface area contributed by atoms with Crippen molar-refractivity contribution in [3.8, 4) is 11.4 Å². The minimum atomic E-state index is -0.290.